The van der Waals surface area contributed by atoms with Crippen LogP contribution in [0.2, 0.25) is 0 Å². The molecule has 0 spiro atoms. The molecule has 0 saturated carbocycles. The summed E-state index contributed by atoms with van der Waals surface area (Å²) >= 11 is 1.76. The van der Waals surface area contributed by atoms with Crippen molar-refractivity contribution in [3.05, 3.63) is 33.9 Å². The van der Waals surface area contributed by atoms with E-state index in [0.29, 0.717) is 5.69 Å². The topological polar surface area (TPSA) is 98.3 Å². The van der Waals surface area contributed by atoms with Crippen LogP contribution >= 0.6 is 11.8 Å². The van der Waals surface area contributed by atoms with Crippen LogP contribution in [0.1, 0.15) is 16.8 Å². The van der Waals surface area contributed by atoms with E-state index >= 15 is 0 Å². The lowest BCUT2D eigenvalue weighted by Gasteiger charge is -2.11. The first kappa shape index (κ1) is 12.7. The second-order valence-corrected chi connectivity index (χ2v) is 5.22. The van der Waals surface area contributed by atoms with Crippen molar-refractivity contribution < 1.29 is 9.72 Å². The zero-order valence-electron chi connectivity index (χ0n) is 9.59. The highest BCUT2D eigenvalue weighted by atomic mass is 32.2. The van der Waals surface area contributed by atoms with Gasteiger partial charge in [0, 0.05) is 23.5 Å². The van der Waals surface area contributed by atoms with Crippen molar-refractivity contribution in [2.24, 2.45) is 0 Å². The summed E-state index contributed by atoms with van der Waals surface area (Å²) in [6, 6.07) is 4.10. The van der Waals surface area contributed by atoms with Crippen molar-refractivity contribution in [3.63, 3.8) is 0 Å². The normalized spacial score (nSPS) is 18.6. The molecule has 6 nitrogen and oxygen atoms in total. The smallest absolute Gasteiger partial charge is 0.282 e. The Morgan fingerprint density at radius 3 is 2.94 bits per heavy atom. The largest absolute Gasteiger partial charge is 0.399 e. The summed E-state index contributed by atoms with van der Waals surface area (Å²) < 4.78 is 0. The number of benzene rings is 1. The number of nitrogens with zero attached hydrogens (tertiary/aromatic N) is 1. The van der Waals surface area contributed by atoms with Gasteiger partial charge in [-0.25, -0.2) is 0 Å². The Balaban J connectivity index is 2.22. The summed E-state index contributed by atoms with van der Waals surface area (Å²) in [5.74, 6) is 1.42. The third kappa shape index (κ3) is 2.73. The van der Waals surface area contributed by atoms with Crippen molar-refractivity contribution in [2.45, 2.75) is 12.5 Å². The van der Waals surface area contributed by atoms with E-state index in [1.165, 1.54) is 18.2 Å². The Kier molecular flexibility index (Phi) is 3.71. The molecule has 2 rings (SSSR count). The van der Waals surface area contributed by atoms with Crippen molar-refractivity contribution >= 4 is 29.0 Å². The van der Waals surface area contributed by atoms with Gasteiger partial charge >= 0.3 is 0 Å². The van der Waals surface area contributed by atoms with Crippen LogP contribution in [0, 0.1) is 10.1 Å². The van der Waals surface area contributed by atoms with E-state index in [1.54, 1.807) is 11.8 Å². The number of amides is 1. The van der Waals surface area contributed by atoms with E-state index < -0.39 is 10.8 Å². The third-order valence-electron chi connectivity index (χ3n) is 2.73. The van der Waals surface area contributed by atoms with Crippen LogP contribution in [-0.2, 0) is 0 Å². The molecule has 1 heterocycles. The number of carbonyl (C=O) groups excluding carboxylic acids is 1. The highest BCUT2D eigenvalue weighted by molar-refractivity contribution is 7.99. The fourth-order valence-corrected chi connectivity index (χ4v) is 2.96. The van der Waals surface area contributed by atoms with E-state index in [0.717, 1.165) is 17.9 Å². The molecule has 1 unspecified atom stereocenters. The first-order chi connectivity index (χ1) is 8.58. The molecular formula is C11H13N3O3S. The van der Waals surface area contributed by atoms with Gasteiger partial charge in [0.1, 0.15) is 5.56 Å². The molecule has 1 aliphatic heterocycles. The number of nitrogen functional groups attached to an aromatic ring is 1. The Hall–Kier alpha value is -1.76. The molecule has 0 aromatic heterocycles. The van der Waals surface area contributed by atoms with Gasteiger partial charge in [0.25, 0.3) is 11.6 Å². The lowest BCUT2D eigenvalue weighted by Crippen LogP contribution is -2.35. The second-order valence-electron chi connectivity index (χ2n) is 4.07. The minimum absolute atomic E-state index is 0.0249. The molecule has 7 heteroatoms. The lowest BCUT2D eigenvalue weighted by molar-refractivity contribution is -0.385. The van der Waals surface area contributed by atoms with Crippen molar-refractivity contribution in [2.75, 3.05) is 17.2 Å². The van der Waals surface area contributed by atoms with Crippen molar-refractivity contribution in [1.82, 2.24) is 5.32 Å². The van der Waals surface area contributed by atoms with Gasteiger partial charge in [0.05, 0.1) is 4.92 Å². The van der Waals surface area contributed by atoms with Crippen LogP contribution < -0.4 is 11.1 Å². The standard InChI is InChI=1S/C11H13N3O3S/c12-7-1-2-10(14(16)17)9(5-7)11(15)13-8-3-4-18-6-8/h1-2,5,8H,3-4,6,12H2,(H,13,15). The fraction of sp³-hybridized carbons (Fsp3) is 0.364. The quantitative estimate of drug-likeness (QED) is 0.490. The monoisotopic (exact) mass is 267 g/mol. The van der Waals surface area contributed by atoms with Crippen LogP contribution in [0.25, 0.3) is 0 Å². The van der Waals surface area contributed by atoms with Crippen LogP contribution in [0.4, 0.5) is 11.4 Å². The SMILES string of the molecule is Nc1ccc([N+](=O)[O-])c(C(=O)NC2CCSC2)c1. The lowest BCUT2D eigenvalue weighted by atomic mass is 10.1. The van der Waals surface area contributed by atoms with Crippen LogP contribution in [0.5, 0.6) is 0 Å². The maximum atomic E-state index is 12.0. The minimum atomic E-state index is -0.572. The number of nitro groups is 1. The van der Waals surface area contributed by atoms with Gasteiger partial charge in [-0.3, -0.25) is 14.9 Å². The Bertz CT molecular complexity index is 486. The molecule has 96 valence electrons. The summed E-state index contributed by atoms with van der Waals surface area (Å²) in [6.45, 7) is 0. The van der Waals surface area contributed by atoms with Gasteiger partial charge in [-0.2, -0.15) is 11.8 Å². The van der Waals surface area contributed by atoms with E-state index in [1.807, 2.05) is 0 Å². The molecule has 0 bridgehead atoms. The molecule has 1 amide bonds. The summed E-state index contributed by atoms with van der Waals surface area (Å²) in [5.41, 5.74) is 5.72. The summed E-state index contributed by atoms with van der Waals surface area (Å²) in [6.07, 6.45) is 0.895. The van der Waals surface area contributed by atoms with Gasteiger partial charge in [-0.15, -0.1) is 0 Å². The highest BCUT2D eigenvalue weighted by Crippen LogP contribution is 2.23. The number of anilines is 1. The Morgan fingerprint density at radius 2 is 2.33 bits per heavy atom. The molecule has 1 atom stereocenters. The molecule has 0 radical (unpaired) electrons. The zero-order valence-corrected chi connectivity index (χ0v) is 10.4. The predicted molar refractivity (Wildman–Crippen MR) is 70.7 cm³/mol. The summed E-state index contributed by atoms with van der Waals surface area (Å²) in [5, 5.41) is 13.7. The van der Waals surface area contributed by atoms with Crippen LogP contribution in [0.3, 0.4) is 0 Å². The predicted octanol–water partition coefficient (Wildman–Crippen LogP) is 1.41. The Labute approximate surface area is 108 Å². The molecular weight excluding hydrogens is 254 g/mol. The van der Waals surface area contributed by atoms with Gasteiger partial charge in [0.2, 0.25) is 0 Å². The number of nitrogens with one attached hydrogen (secondary N) is 1. The van der Waals surface area contributed by atoms with E-state index in [9.17, 15) is 14.9 Å². The number of rotatable bonds is 3. The van der Waals surface area contributed by atoms with Crippen LogP contribution in [0.15, 0.2) is 18.2 Å². The van der Waals surface area contributed by atoms with E-state index in [2.05, 4.69) is 5.32 Å². The highest BCUT2D eigenvalue weighted by Gasteiger charge is 2.24. The Morgan fingerprint density at radius 1 is 1.56 bits per heavy atom. The first-order valence-corrected chi connectivity index (χ1v) is 6.66. The van der Waals surface area contributed by atoms with Crippen molar-refractivity contribution in [3.8, 4) is 0 Å². The van der Waals surface area contributed by atoms with Gasteiger partial charge in [0.15, 0.2) is 0 Å². The molecule has 1 aromatic carbocycles. The molecule has 1 fully saturated rings. The fourth-order valence-electron chi connectivity index (χ4n) is 1.81. The minimum Gasteiger partial charge on any atom is -0.399 e. The average molecular weight is 267 g/mol. The van der Waals surface area contributed by atoms with Gasteiger partial charge in [-0.05, 0) is 24.3 Å². The number of hydrogen-bond acceptors (Lipinski definition) is 5. The first-order valence-electron chi connectivity index (χ1n) is 5.50. The van der Waals surface area contributed by atoms with Crippen molar-refractivity contribution in [1.29, 1.82) is 0 Å². The second kappa shape index (κ2) is 5.26. The van der Waals surface area contributed by atoms with Crippen LogP contribution in [-0.4, -0.2) is 28.4 Å². The molecule has 1 aliphatic rings. The van der Waals surface area contributed by atoms with Gasteiger partial charge in [-0.1, -0.05) is 0 Å². The van der Waals surface area contributed by atoms with Gasteiger partial charge < -0.3 is 11.1 Å². The molecule has 0 aliphatic carbocycles. The number of thioether (sulfide) groups is 1. The maximum Gasteiger partial charge on any atom is 0.282 e. The number of carbonyl (C=O) groups is 1. The molecule has 3 N–H and O–H groups in total. The average Bonchev–Trinajstić information content (AvgIpc) is 2.81. The summed E-state index contributed by atoms with van der Waals surface area (Å²) in [4.78, 5) is 22.3. The molecule has 1 aromatic rings. The number of hydrogen-bond donors (Lipinski definition) is 2. The third-order valence-corrected chi connectivity index (χ3v) is 3.89. The summed E-state index contributed by atoms with van der Waals surface area (Å²) in [7, 11) is 0. The van der Waals surface area contributed by atoms with E-state index in [-0.39, 0.29) is 17.3 Å². The zero-order chi connectivity index (χ0) is 13.1. The van der Waals surface area contributed by atoms with E-state index in [4.69, 9.17) is 5.73 Å². The number of nitro benzene ring substituents is 1. The molecule has 1 saturated heterocycles. The molecule has 18 heavy (non-hydrogen) atoms. The number of nitrogens with two attached hydrogens (primary N) is 1. The maximum absolute atomic E-state index is 12.0.